The number of rotatable bonds is 7. The summed E-state index contributed by atoms with van der Waals surface area (Å²) in [6, 6.07) is 7.17. The molecule has 0 spiro atoms. The minimum atomic E-state index is -1.63. The van der Waals surface area contributed by atoms with E-state index in [1.165, 1.54) is 6.20 Å². The summed E-state index contributed by atoms with van der Waals surface area (Å²) in [5.41, 5.74) is -1.96. The van der Waals surface area contributed by atoms with Gasteiger partial charge in [-0.05, 0) is 37.6 Å². The Morgan fingerprint density at radius 3 is 2.38 bits per heavy atom. The Hall–Kier alpha value is -2.19. The minimum Gasteiger partial charge on any atom is -0.394 e. The zero-order valence-corrected chi connectivity index (χ0v) is 21.2. The van der Waals surface area contributed by atoms with Crippen molar-refractivity contribution in [2.45, 2.75) is 54.5 Å². The minimum absolute atomic E-state index is 0.0427. The van der Waals surface area contributed by atoms with Crippen LogP contribution >= 0.6 is 23.4 Å². The first-order valence-electron chi connectivity index (χ1n) is 11.2. The van der Waals surface area contributed by atoms with E-state index < -0.39 is 64.7 Å². The highest BCUT2D eigenvalue weighted by atomic mass is 35.5. The molecule has 37 heavy (non-hydrogen) atoms. The van der Waals surface area contributed by atoms with Crippen molar-refractivity contribution < 1.29 is 38.3 Å². The number of benzene rings is 2. The lowest BCUT2D eigenvalue weighted by atomic mass is 9.97. The molecule has 8 nitrogen and oxygen atoms in total. The molecule has 6 atom stereocenters. The number of ether oxygens (including phenoxy) is 1. The van der Waals surface area contributed by atoms with Gasteiger partial charge in [0.1, 0.15) is 35.5 Å². The van der Waals surface area contributed by atoms with Crippen LogP contribution in [0.3, 0.4) is 0 Å². The summed E-state index contributed by atoms with van der Waals surface area (Å²) in [6.07, 6.45) is -2.81. The van der Waals surface area contributed by atoms with Gasteiger partial charge < -0.3 is 25.2 Å². The summed E-state index contributed by atoms with van der Waals surface area (Å²) in [5, 5.41) is 50.3. The van der Waals surface area contributed by atoms with Crippen molar-refractivity contribution in [3.05, 3.63) is 70.6 Å². The SMILES string of the molecule is CC(C)(O)[C@@H](S[C@@H]1O[C@H](CO)[C@H](O)[C@H](n2cc(-c3cc(F)c(F)c(F)c3)nn2)[C@H]1O)c1ccccc1Cl. The Morgan fingerprint density at radius 1 is 1.14 bits per heavy atom. The van der Waals surface area contributed by atoms with E-state index in [9.17, 15) is 33.6 Å². The van der Waals surface area contributed by atoms with E-state index in [2.05, 4.69) is 10.3 Å². The molecule has 1 fully saturated rings. The number of aliphatic hydroxyl groups is 4. The summed E-state index contributed by atoms with van der Waals surface area (Å²) in [6.45, 7) is 2.55. The molecule has 1 saturated heterocycles. The van der Waals surface area contributed by atoms with Gasteiger partial charge in [-0.25, -0.2) is 17.9 Å². The third kappa shape index (κ3) is 5.65. The molecule has 0 saturated carbocycles. The van der Waals surface area contributed by atoms with E-state index in [-0.39, 0.29) is 11.3 Å². The first-order chi connectivity index (χ1) is 17.4. The molecule has 4 N–H and O–H groups in total. The summed E-state index contributed by atoms with van der Waals surface area (Å²) in [7, 11) is 0. The van der Waals surface area contributed by atoms with Crippen molar-refractivity contribution in [1.29, 1.82) is 0 Å². The summed E-state index contributed by atoms with van der Waals surface area (Å²) >= 11 is 7.41. The molecule has 0 bridgehead atoms. The molecule has 0 aliphatic carbocycles. The third-order valence-corrected chi connectivity index (χ3v) is 8.15. The molecule has 0 unspecified atom stereocenters. The van der Waals surface area contributed by atoms with Gasteiger partial charge in [0.15, 0.2) is 17.5 Å². The Labute approximate surface area is 219 Å². The molecule has 13 heteroatoms. The number of halogens is 4. The van der Waals surface area contributed by atoms with Gasteiger partial charge in [0.2, 0.25) is 0 Å². The second-order valence-electron chi connectivity index (χ2n) is 9.23. The van der Waals surface area contributed by atoms with Crippen LogP contribution in [0.1, 0.15) is 30.7 Å². The van der Waals surface area contributed by atoms with Crippen LogP contribution in [-0.4, -0.2) is 71.4 Å². The topological polar surface area (TPSA) is 121 Å². The van der Waals surface area contributed by atoms with Crippen LogP contribution in [-0.2, 0) is 4.74 Å². The number of hydrogen-bond donors (Lipinski definition) is 4. The van der Waals surface area contributed by atoms with Crippen molar-refractivity contribution >= 4 is 23.4 Å². The number of aromatic nitrogens is 3. The highest BCUT2D eigenvalue weighted by Crippen LogP contribution is 2.47. The fourth-order valence-electron chi connectivity index (χ4n) is 4.19. The van der Waals surface area contributed by atoms with Gasteiger partial charge in [-0.3, -0.25) is 0 Å². The van der Waals surface area contributed by atoms with Gasteiger partial charge in [-0.2, -0.15) is 0 Å². The molecule has 2 aromatic carbocycles. The van der Waals surface area contributed by atoms with Gasteiger partial charge in [0, 0.05) is 10.6 Å². The summed E-state index contributed by atoms with van der Waals surface area (Å²) in [5.74, 6) is -4.45. The van der Waals surface area contributed by atoms with Crippen LogP contribution in [0, 0.1) is 17.5 Å². The molecule has 0 radical (unpaired) electrons. The molecule has 1 aromatic heterocycles. The lowest BCUT2D eigenvalue weighted by molar-refractivity contribution is -0.178. The maximum Gasteiger partial charge on any atom is 0.194 e. The lowest BCUT2D eigenvalue weighted by Crippen LogP contribution is -2.55. The Bertz CT molecular complexity index is 1240. The van der Waals surface area contributed by atoms with E-state index in [1.54, 1.807) is 38.1 Å². The number of thioether (sulfide) groups is 1. The molecule has 2 heterocycles. The van der Waals surface area contributed by atoms with Crippen LogP contribution < -0.4 is 0 Å². The average molecular weight is 560 g/mol. The predicted molar refractivity (Wildman–Crippen MR) is 130 cm³/mol. The highest BCUT2D eigenvalue weighted by molar-refractivity contribution is 8.00. The van der Waals surface area contributed by atoms with E-state index in [1.807, 2.05) is 0 Å². The fourth-order valence-corrected chi connectivity index (χ4v) is 5.98. The summed E-state index contributed by atoms with van der Waals surface area (Å²) < 4.78 is 47.7. The van der Waals surface area contributed by atoms with Crippen LogP contribution in [0.15, 0.2) is 42.6 Å². The zero-order chi connectivity index (χ0) is 27.1. The van der Waals surface area contributed by atoms with Crippen LogP contribution in [0.2, 0.25) is 5.02 Å². The number of hydrogen-bond acceptors (Lipinski definition) is 8. The van der Waals surface area contributed by atoms with Crippen LogP contribution in [0.5, 0.6) is 0 Å². The molecule has 0 amide bonds. The van der Waals surface area contributed by atoms with Gasteiger partial charge in [0.05, 0.1) is 23.7 Å². The molecule has 1 aliphatic heterocycles. The monoisotopic (exact) mass is 559 g/mol. The standard InChI is InChI=1S/C24H25ClF3N3O5S/c1-24(2,35)22(12-5-3-4-6-13(12)25)37-23-21(34)19(20(33)17(10-32)36-23)31-9-16(29-30-31)11-7-14(26)18(28)15(27)8-11/h3-9,17,19-23,32-35H,10H2,1-2H3/t17-,19+,20+,21-,22+,23+/m1/s1. The quantitative estimate of drug-likeness (QED) is 0.326. The van der Waals surface area contributed by atoms with Crippen LogP contribution in [0.4, 0.5) is 13.2 Å². The maximum absolute atomic E-state index is 13.7. The predicted octanol–water partition coefficient (Wildman–Crippen LogP) is 3.24. The molecule has 4 rings (SSSR count). The second kappa shape index (κ2) is 10.9. The highest BCUT2D eigenvalue weighted by Gasteiger charge is 2.48. The molecule has 3 aromatic rings. The molecular formula is C24H25ClF3N3O5S. The van der Waals surface area contributed by atoms with E-state index in [4.69, 9.17) is 16.3 Å². The molecule has 200 valence electrons. The van der Waals surface area contributed by atoms with E-state index in [0.717, 1.165) is 28.6 Å². The maximum atomic E-state index is 13.7. The first-order valence-corrected chi connectivity index (χ1v) is 12.6. The number of aliphatic hydroxyl groups excluding tert-OH is 3. The van der Waals surface area contributed by atoms with Crippen LogP contribution in [0.25, 0.3) is 11.3 Å². The van der Waals surface area contributed by atoms with Crippen molar-refractivity contribution in [2.24, 2.45) is 0 Å². The largest absolute Gasteiger partial charge is 0.394 e. The van der Waals surface area contributed by atoms with Crippen molar-refractivity contribution in [2.75, 3.05) is 6.61 Å². The Kier molecular flexibility index (Phi) is 8.19. The lowest BCUT2D eigenvalue weighted by Gasteiger charge is -2.44. The number of nitrogens with zero attached hydrogens (tertiary/aromatic N) is 3. The zero-order valence-electron chi connectivity index (χ0n) is 19.7. The molecule has 1 aliphatic rings. The van der Waals surface area contributed by atoms with Gasteiger partial charge in [-0.15, -0.1) is 16.9 Å². The Balaban J connectivity index is 1.67. The van der Waals surface area contributed by atoms with Crippen molar-refractivity contribution in [3.8, 4) is 11.3 Å². The van der Waals surface area contributed by atoms with E-state index in [0.29, 0.717) is 10.6 Å². The average Bonchev–Trinajstić information content (AvgIpc) is 3.31. The first kappa shape index (κ1) is 27.8. The summed E-state index contributed by atoms with van der Waals surface area (Å²) in [4.78, 5) is 0. The smallest absolute Gasteiger partial charge is 0.194 e. The Morgan fingerprint density at radius 2 is 1.78 bits per heavy atom. The second-order valence-corrected chi connectivity index (χ2v) is 10.8. The van der Waals surface area contributed by atoms with Gasteiger partial charge in [-0.1, -0.05) is 35.0 Å². The molecular weight excluding hydrogens is 535 g/mol. The van der Waals surface area contributed by atoms with Crippen molar-refractivity contribution in [3.63, 3.8) is 0 Å². The van der Waals surface area contributed by atoms with Gasteiger partial charge >= 0.3 is 0 Å². The van der Waals surface area contributed by atoms with Crippen molar-refractivity contribution in [1.82, 2.24) is 15.0 Å². The van der Waals surface area contributed by atoms with Gasteiger partial charge in [0.25, 0.3) is 0 Å². The van der Waals surface area contributed by atoms with E-state index >= 15 is 0 Å². The third-order valence-electron chi connectivity index (χ3n) is 6.04. The fraction of sp³-hybridized carbons (Fsp3) is 0.417. The normalized spacial score (nSPS) is 25.3.